The Balaban J connectivity index is 1.30. The molecule has 4 aromatic carbocycles. The first kappa shape index (κ1) is 33.7. The number of carbonyl (C=O) groups is 3. The predicted octanol–water partition coefficient (Wildman–Crippen LogP) is 8.21. The van der Waals surface area contributed by atoms with Gasteiger partial charge in [-0.3, -0.25) is 14.4 Å². The van der Waals surface area contributed by atoms with E-state index in [1.165, 1.54) is 23.1 Å². The van der Waals surface area contributed by atoms with Gasteiger partial charge in [-0.05, 0) is 66.1 Å². The molecule has 8 nitrogen and oxygen atoms in total. The Bertz CT molecular complexity index is 1970. The van der Waals surface area contributed by atoms with Crippen LogP contribution in [-0.2, 0) is 9.59 Å². The van der Waals surface area contributed by atoms with Gasteiger partial charge in [-0.1, -0.05) is 73.7 Å². The molecule has 1 aromatic heterocycles. The Morgan fingerprint density at radius 1 is 0.917 bits per heavy atom. The number of thioether (sulfide) groups is 1. The van der Waals surface area contributed by atoms with Crippen LogP contribution in [0.25, 0.3) is 17.2 Å². The summed E-state index contributed by atoms with van der Waals surface area (Å²) in [5.41, 5.74) is 3.77. The summed E-state index contributed by atoms with van der Waals surface area (Å²) < 4.78 is 5.23. The molecule has 0 radical (unpaired) electrons. The maximum atomic E-state index is 13.6. The minimum Gasteiger partial charge on any atom is -0.497 e. The first-order valence-corrected chi connectivity index (χ1v) is 16.8. The molecule has 0 fully saturated rings. The van der Waals surface area contributed by atoms with Gasteiger partial charge in [0.25, 0.3) is 11.8 Å². The fourth-order valence-electron chi connectivity index (χ4n) is 4.72. The number of anilines is 2. The molecule has 1 atom stereocenters. The van der Waals surface area contributed by atoms with Crippen molar-refractivity contribution in [3.05, 3.63) is 137 Å². The zero-order valence-electron chi connectivity index (χ0n) is 26.2. The number of amides is 3. The van der Waals surface area contributed by atoms with Crippen molar-refractivity contribution in [2.24, 2.45) is 0 Å². The van der Waals surface area contributed by atoms with Gasteiger partial charge in [0.2, 0.25) is 5.91 Å². The van der Waals surface area contributed by atoms with Crippen molar-refractivity contribution in [1.82, 2.24) is 5.32 Å². The molecule has 0 spiro atoms. The van der Waals surface area contributed by atoms with E-state index in [0.717, 1.165) is 16.0 Å². The number of carbonyl (C=O) groups excluding carboxylic acids is 3. The van der Waals surface area contributed by atoms with Gasteiger partial charge < -0.3 is 20.7 Å². The van der Waals surface area contributed by atoms with E-state index in [-0.39, 0.29) is 11.6 Å². The number of methoxy groups -OCH3 is 1. The molecule has 0 saturated heterocycles. The maximum absolute atomic E-state index is 13.6. The van der Waals surface area contributed by atoms with Crippen LogP contribution in [-0.4, -0.2) is 30.1 Å². The predicted molar refractivity (Wildman–Crippen MR) is 193 cm³/mol. The van der Waals surface area contributed by atoms with Gasteiger partial charge in [0.05, 0.1) is 17.9 Å². The van der Waals surface area contributed by atoms with Crippen LogP contribution < -0.4 is 20.7 Å². The molecule has 0 aliphatic carbocycles. The monoisotopic (exact) mass is 672 g/mol. The van der Waals surface area contributed by atoms with E-state index in [9.17, 15) is 19.6 Å². The molecule has 10 heteroatoms. The average Bonchev–Trinajstić information content (AvgIpc) is 3.53. The number of nitriles is 1. The highest BCUT2D eigenvalue weighted by atomic mass is 32.2. The fourth-order valence-corrected chi connectivity index (χ4v) is 6.66. The van der Waals surface area contributed by atoms with Gasteiger partial charge in [0.15, 0.2) is 0 Å². The highest BCUT2D eigenvalue weighted by Crippen LogP contribution is 2.36. The average molecular weight is 673 g/mol. The quantitative estimate of drug-likeness (QED) is 0.0908. The lowest BCUT2D eigenvalue weighted by Gasteiger charge is -2.16. The van der Waals surface area contributed by atoms with Crippen LogP contribution in [0.3, 0.4) is 0 Å². The van der Waals surface area contributed by atoms with Gasteiger partial charge in [-0.25, -0.2) is 0 Å². The van der Waals surface area contributed by atoms with Crippen LogP contribution in [0.15, 0.2) is 125 Å². The van der Waals surface area contributed by atoms with Crippen molar-refractivity contribution in [1.29, 1.82) is 5.26 Å². The molecule has 0 bridgehead atoms. The number of hydrogen-bond acceptors (Lipinski definition) is 7. The highest BCUT2D eigenvalue weighted by molar-refractivity contribution is 8.00. The standard InChI is InChI=1S/C38H32N4O4S2/c1-3-34(37(45)42-38-31(23-39)32(24-47-38)26-11-6-4-7-12-26)48-30-16-10-15-28(22-30)40-36(44)33(21-25-17-19-29(46-2)20-18-25)41-35(43)27-13-8-5-9-14-27/h4-22,24,34H,3H2,1-2H3,(H,40,44)(H,41,43)(H,42,45)/b33-21+. The third kappa shape index (κ3) is 8.59. The van der Waals surface area contributed by atoms with Gasteiger partial charge >= 0.3 is 0 Å². The summed E-state index contributed by atoms with van der Waals surface area (Å²) in [6.45, 7) is 1.92. The lowest BCUT2D eigenvalue weighted by molar-refractivity contribution is -0.116. The minimum atomic E-state index is -0.516. The molecular formula is C38H32N4O4S2. The number of ether oxygens (including phenoxy) is 1. The zero-order chi connectivity index (χ0) is 33.9. The molecular weight excluding hydrogens is 641 g/mol. The van der Waals surface area contributed by atoms with Crippen molar-refractivity contribution in [2.45, 2.75) is 23.5 Å². The van der Waals surface area contributed by atoms with Crippen molar-refractivity contribution in [3.63, 3.8) is 0 Å². The van der Waals surface area contributed by atoms with Crippen molar-refractivity contribution in [3.8, 4) is 22.9 Å². The summed E-state index contributed by atoms with van der Waals surface area (Å²) in [5, 5.41) is 20.4. The van der Waals surface area contributed by atoms with E-state index in [4.69, 9.17) is 4.74 Å². The summed E-state index contributed by atoms with van der Waals surface area (Å²) in [4.78, 5) is 40.7. The SMILES string of the molecule is CCC(Sc1cccc(NC(=O)/C(=C\c2ccc(OC)cc2)NC(=O)c2ccccc2)c1)C(=O)Nc1scc(-c2ccccc2)c1C#N. The van der Waals surface area contributed by atoms with Crippen LogP contribution in [0.2, 0.25) is 0 Å². The van der Waals surface area contributed by atoms with E-state index in [2.05, 4.69) is 22.0 Å². The molecule has 0 aliphatic heterocycles. The molecule has 3 N–H and O–H groups in total. The fraction of sp³-hybridized carbons (Fsp3) is 0.105. The number of nitrogens with one attached hydrogen (secondary N) is 3. The molecule has 1 unspecified atom stereocenters. The van der Waals surface area contributed by atoms with Gasteiger partial charge in [-0.15, -0.1) is 23.1 Å². The van der Waals surface area contributed by atoms with E-state index >= 15 is 0 Å². The molecule has 1 heterocycles. The van der Waals surface area contributed by atoms with Crippen LogP contribution >= 0.6 is 23.1 Å². The van der Waals surface area contributed by atoms with Crippen molar-refractivity contribution in [2.75, 3.05) is 17.7 Å². The lowest BCUT2D eigenvalue weighted by atomic mass is 10.1. The molecule has 240 valence electrons. The second kappa shape index (κ2) is 16.3. The largest absolute Gasteiger partial charge is 0.497 e. The molecule has 48 heavy (non-hydrogen) atoms. The Hall–Kier alpha value is -5.63. The smallest absolute Gasteiger partial charge is 0.272 e. The summed E-state index contributed by atoms with van der Waals surface area (Å²) >= 11 is 2.68. The van der Waals surface area contributed by atoms with E-state index in [1.54, 1.807) is 79.9 Å². The summed E-state index contributed by atoms with van der Waals surface area (Å²) in [6.07, 6.45) is 2.13. The zero-order valence-corrected chi connectivity index (χ0v) is 27.9. The number of hydrogen-bond donors (Lipinski definition) is 3. The Kier molecular flexibility index (Phi) is 11.4. The first-order valence-electron chi connectivity index (χ1n) is 15.1. The molecule has 0 aliphatic rings. The number of rotatable bonds is 12. The van der Waals surface area contributed by atoms with Gasteiger partial charge in [0.1, 0.15) is 22.5 Å². The first-order chi connectivity index (χ1) is 23.4. The highest BCUT2D eigenvalue weighted by Gasteiger charge is 2.22. The Morgan fingerprint density at radius 2 is 1.62 bits per heavy atom. The normalized spacial score (nSPS) is 11.6. The third-order valence-corrected chi connectivity index (χ3v) is 9.47. The summed E-state index contributed by atoms with van der Waals surface area (Å²) in [6, 6.07) is 34.7. The molecule has 5 aromatic rings. The Morgan fingerprint density at radius 3 is 2.29 bits per heavy atom. The Labute approximate surface area is 287 Å². The third-order valence-electron chi connectivity index (χ3n) is 7.21. The van der Waals surface area contributed by atoms with E-state index in [0.29, 0.717) is 39.5 Å². The van der Waals surface area contributed by atoms with Crippen LogP contribution in [0.5, 0.6) is 5.75 Å². The van der Waals surface area contributed by atoms with Crippen LogP contribution in [0, 0.1) is 11.3 Å². The minimum absolute atomic E-state index is 0.0528. The molecule has 5 rings (SSSR count). The van der Waals surface area contributed by atoms with E-state index in [1.807, 2.05) is 54.8 Å². The van der Waals surface area contributed by atoms with Crippen molar-refractivity contribution >= 4 is 57.6 Å². The number of benzene rings is 4. The molecule has 0 saturated carbocycles. The second-order valence-corrected chi connectivity index (χ2v) is 12.6. The van der Waals surface area contributed by atoms with Crippen molar-refractivity contribution < 1.29 is 19.1 Å². The topological polar surface area (TPSA) is 120 Å². The van der Waals surface area contributed by atoms with Gasteiger partial charge in [-0.2, -0.15) is 5.26 Å². The maximum Gasteiger partial charge on any atom is 0.272 e. The lowest BCUT2D eigenvalue weighted by Crippen LogP contribution is -2.30. The van der Waals surface area contributed by atoms with Crippen LogP contribution in [0.4, 0.5) is 10.7 Å². The summed E-state index contributed by atoms with van der Waals surface area (Å²) in [7, 11) is 1.57. The summed E-state index contributed by atoms with van der Waals surface area (Å²) in [5.74, 6) is -0.494. The number of thiophene rings is 1. The van der Waals surface area contributed by atoms with E-state index < -0.39 is 17.1 Å². The van der Waals surface area contributed by atoms with Crippen LogP contribution in [0.1, 0.15) is 34.8 Å². The van der Waals surface area contributed by atoms with Gasteiger partial charge in [0, 0.05) is 27.1 Å². The number of nitrogens with zero attached hydrogens (tertiary/aromatic N) is 1. The second-order valence-electron chi connectivity index (χ2n) is 10.5. The molecule has 3 amide bonds.